The van der Waals surface area contributed by atoms with Crippen LogP contribution in [0, 0.1) is 0 Å². The quantitative estimate of drug-likeness (QED) is 0.908. The van der Waals surface area contributed by atoms with E-state index in [0.717, 1.165) is 12.1 Å². The minimum atomic E-state index is -0.898. The molecule has 0 saturated heterocycles. The third-order valence-electron chi connectivity index (χ3n) is 3.63. The largest absolute Gasteiger partial charge is 0.480 e. The number of aliphatic carboxylic acids is 1. The number of pyridine rings is 1. The van der Waals surface area contributed by atoms with E-state index in [1.54, 1.807) is 18.5 Å². The Morgan fingerprint density at radius 3 is 2.53 bits per heavy atom. The molecule has 0 atom stereocenters. The Bertz CT molecular complexity index is 609. The molecule has 0 aliphatic heterocycles. The third-order valence-corrected chi connectivity index (χ3v) is 3.63. The van der Waals surface area contributed by atoms with Crippen LogP contribution in [0.4, 0.5) is 0 Å². The van der Waals surface area contributed by atoms with Gasteiger partial charge in [0, 0.05) is 12.4 Å². The second-order valence-electron chi connectivity index (χ2n) is 4.72. The molecule has 5 heteroatoms. The van der Waals surface area contributed by atoms with Gasteiger partial charge in [-0.1, -0.05) is 12.5 Å². The summed E-state index contributed by atoms with van der Waals surface area (Å²) in [5.41, 5.74) is 0.495. The maximum Gasteiger partial charge on any atom is 0.317 e. The minimum Gasteiger partial charge on any atom is -0.480 e. The van der Waals surface area contributed by atoms with Crippen molar-refractivity contribution in [1.29, 1.82) is 0 Å². The van der Waals surface area contributed by atoms with Crippen LogP contribution in [0.3, 0.4) is 0 Å². The highest BCUT2D eigenvalue weighted by Crippen LogP contribution is 2.42. The number of carboxylic acids is 1. The van der Waals surface area contributed by atoms with Crippen LogP contribution in [0.2, 0.25) is 0 Å². The summed E-state index contributed by atoms with van der Waals surface area (Å²) in [5, 5.41) is 9.40. The number of carbonyl (C=O) groups is 1. The summed E-state index contributed by atoms with van der Waals surface area (Å²) in [6, 6.07) is 7.30. The van der Waals surface area contributed by atoms with E-state index in [-0.39, 0.29) is 0 Å². The van der Waals surface area contributed by atoms with Gasteiger partial charge in [0.1, 0.15) is 11.2 Å². The second kappa shape index (κ2) is 4.42. The number of hydrogen-bond acceptors (Lipinski definition) is 4. The zero-order chi connectivity index (χ0) is 13.3. The van der Waals surface area contributed by atoms with Gasteiger partial charge in [0.15, 0.2) is 0 Å². The first-order valence-corrected chi connectivity index (χ1v) is 6.21. The second-order valence-corrected chi connectivity index (χ2v) is 4.72. The zero-order valence-electron chi connectivity index (χ0n) is 10.3. The van der Waals surface area contributed by atoms with Gasteiger partial charge in [-0.3, -0.25) is 9.78 Å². The van der Waals surface area contributed by atoms with Gasteiger partial charge in [-0.05, 0) is 31.0 Å². The molecule has 1 aliphatic carbocycles. The lowest BCUT2D eigenvalue weighted by atomic mass is 9.68. The Labute approximate surface area is 110 Å². The monoisotopic (exact) mass is 255 g/mol. The fourth-order valence-corrected chi connectivity index (χ4v) is 2.31. The van der Waals surface area contributed by atoms with Crippen LogP contribution in [0.25, 0.3) is 11.4 Å². The zero-order valence-corrected chi connectivity index (χ0v) is 10.3. The third kappa shape index (κ3) is 1.87. The highest BCUT2D eigenvalue weighted by molar-refractivity contribution is 5.81. The molecule has 3 rings (SSSR count). The van der Waals surface area contributed by atoms with E-state index in [0.29, 0.717) is 24.4 Å². The Kier molecular flexibility index (Phi) is 2.74. The van der Waals surface area contributed by atoms with E-state index in [9.17, 15) is 9.90 Å². The molecule has 1 saturated carbocycles. The van der Waals surface area contributed by atoms with Crippen molar-refractivity contribution in [3.05, 3.63) is 42.5 Å². The molecule has 96 valence electrons. The van der Waals surface area contributed by atoms with Crippen molar-refractivity contribution in [1.82, 2.24) is 15.0 Å². The van der Waals surface area contributed by atoms with Crippen LogP contribution in [0.5, 0.6) is 0 Å². The molecular weight excluding hydrogens is 242 g/mol. The summed E-state index contributed by atoms with van der Waals surface area (Å²) >= 11 is 0. The first-order chi connectivity index (χ1) is 9.22. The van der Waals surface area contributed by atoms with Gasteiger partial charge < -0.3 is 5.11 Å². The van der Waals surface area contributed by atoms with Gasteiger partial charge in [0.05, 0.1) is 11.4 Å². The summed E-state index contributed by atoms with van der Waals surface area (Å²) in [6.07, 6.45) is 5.41. The molecule has 19 heavy (non-hydrogen) atoms. The predicted molar refractivity (Wildman–Crippen MR) is 68.4 cm³/mol. The van der Waals surface area contributed by atoms with E-state index < -0.39 is 11.4 Å². The lowest BCUT2D eigenvalue weighted by molar-refractivity contribution is -0.147. The molecular formula is C14H13N3O2. The minimum absolute atomic E-state index is 0.398. The fraction of sp³-hybridized carbons (Fsp3) is 0.286. The van der Waals surface area contributed by atoms with Crippen LogP contribution in [0.15, 0.2) is 36.7 Å². The van der Waals surface area contributed by atoms with Crippen molar-refractivity contribution in [2.45, 2.75) is 24.7 Å². The molecule has 1 fully saturated rings. The normalized spacial score (nSPS) is 16.6. The fourth-order valence-electron chi connectivity index (χ4n) is 2.31. The molecule has 0 spiro atoms. The summed E-state index contributed by atoms with van der Waals surface area (Å²) in [7, 11) is 0. The molecule has 0 bridgehead atoms. The standard InChI is InChI=1S/C14H13N3O2/c18-13(19)14(6-3-7-14)12-16-9-5-11(17-12)10-4-1-2-8-15-10/h1-2,4-5,8-9H,3,6-7H2,(H,18,19). The topological polar surface area (TPSA) is 76.0 Å². The maximum absolute atomic E-state index is 11.5. The molecule has 1 N–H and O–H groups in total. The van der Waals surface area contributed by atoms with Crippen LogP contribution < -0.4 is 0 Å². The average Bonchev–Trinajstić information content (AvgIpc) is 2.38. The Hall–Kier alpha value is -2.30. The predicted octanol–water partition coefficient (Wildman–Crippen LogP) is 2.04. The van der Waals surface area contributed by atoms with Crippen molar-refractivity contribution >= 4 is 5.97 Å². The van der Waals surface area contributed by atoms with E-state index in [1.807, 2.05) is 18.2 Å². The van der Waals surface area contributed by atoms with Gasteiger partial charge in [0.25, 0.3) is 0 Å². The van der Waals surface area contributed by atoms with Crippen molar-refractivity contribution in [2.75, 3.05) is 0 Å². The number of aromatic nitrogens is 3. The average molecular weight is 255 g/mol. The smallest absolute Gasteiger partial charge is 0.317 e. The molecule has 2 aromatic rings. The molecule has 2 aromatic heterocycles. The van der Waals surface area contributed by atoms with Gasteiger partial charge in [0.2, 0.25) is 0 Å². The molecule has 5 nitrogen and oxygen atoms in total. The Morgan fingerprint density at radius 1 is 1.11 bits per heavy atom. The first kappa shape index (κ1) is 11.8. The first-order valence-electron chi connectivity index (χ1n) is 6.21. The SMILES string of the molecule is O=C(O)C1(c2nccc(-c3ccccn3)n2)CCC1. The van der Waals surface area contributed by atoms with E-state index in [2.05, 4.69) is 15.0 Å². The number of nitrogens with zero attached hydrogens (tertiary/aromatic N) is 3. The van der Waals surface area contributed by atoms with Crippen LogP contribution in [0.1, 0.15) is 25.1 Å². The van der Waals surface area contributed by atoms with Crippen LogP contribution in [-0.2, 0) is 10.2 Å². The molecule has 2 heterocycles. The van der Waals surface area contributed by atoms with Gasteiger partial charge in [-0.25, -0.2) is 9.97 Å². The number of rotatable bonds is 3. The summed E-state index contributed by atoms with van der Waals surface area (Å²) < 4.78 is 0. The van der Waals surface area contributed by atoms with E-state index >= 15 is 0 Å². The van der Waals surface area contributed by atoms with E-state index in [1.165, 1.54) is 0 Å². The molecule has 0 unspecified atom stereocenters. The molecule has 0 aromatic carbocycles. The van der Waals surface area contributed by atoms with Crippen LogP contribution in [-0.4, -0.2) is 26.0 Å². The van der Waals surface area contributed by atoms with Crippen LogP contribution >= 0.6 is 0 Å². The number of hydrogen-bond donors (Lipinski definition) is 1. The van der Waals surface area contributed by atoms with E-state index in [4.69, 9.17) is 0 Å². The molecule has 0 amide bonds. The highest BCUT2D eigenvalue weighted by Gasteiger charge is 2.48. The Balaban J connectivity index is 2.03. The summed E-state index contributed by atoms with van der Waals surface area (Å²) in [5.74, 6) is -0.439. The van der Waals surface area contributed by atoms with Crippen molar-refractivity contribution in [3.8, 4) is 11.4 Å². The van der Waals surface area contributed by atoms with Crippen molar-refractivity contribution in [2.24, 2.45) is 0 Å². The summed E-state index contributed by atoms with van der Waals surface area (Å²) in [6.45, 7) is 0. The van der Waals surface area contributed by atoms with Gasteiger partial charge in [-0.2, -0.15) is 0 Å². The lowest BCUT2D eigenvalue weighted by Crippen LogP contribution is -2.43. The van der Waals surface area contributed by atoms with Gasteiger partial charge in [-0.15, -0.1) is 0 Å². The highest BCUT2D eigenvalue weighted by atomic mass is 16.4. The maximum atomic E-state index is 11.5. The van der Waals surface area contributed by atoms with Crippen molar-refractivity contribution in [3.63, 3.8) is 0 Å². The molecule has 1 aliphatic rings. The summed E-state index contributed by atoms with van der Waals surface area (Å²) in [4.78, 5) is 24.2. The van der Waals surface area contributed by atoms with Gasteiger partial charge >= 0.3 is 5.97 Å². The Morgan fingerprint density at radius 2 is 1.95 bits per heavy atom. The number of carboxylic acid groups (broad SMARTS) is 1. The lowest BCUT2D eigenvalue weighted by Gasteiger charge is -2.35. The van der Waals surface area contributed by atoms with Crippen molar-refractivity contribution < 1.29 is 9.90 Å². The molecule has 0 radical (unpaired) electrons.